The molecule has 4 fully saturated rings. The maximum Gasteiger partial charge on any atom is 0.306 e. The molecular formula is C11H18N2O2. The number of hydrogen-bond acceptors (Lipinski definition) is 3. The van der Waals surface area contributed by atoms with Gasteiger partial charge in [-0.25, -0.2) is 0 Å². The smallest absolute Gasteiger partial charge is 0.306 e. The van der Waals surface area contributed by atoms with E-state index in [1.54, 1.807) is 0 Å². The van der Waals surface area contributed by atoms with Crippen molar-refractivity contribution in [3.63, 3.8) is 0 Å². The van der Waals surface area contributed by atoms with Gasteiger partial charge in [0, 0.05) is 38.3 Å². The van der Waals surface area contributed by atoms with Crippen molar-refractivity contribution in [3.05, 3.63) is 0 Å². The molecule has 84 valence electrons. The van der Waals surface area contributed by atoms with Crippen molar-refractivity contribution in [2.75, 3.05) is 26.2 Å². The van der Waals surface area contributed by atoms with E-state index in [2.05, 4.69) is 9.80 Å². The number of aliphatic carboxylic acids is 1. The summed E-state index contributed by atoms with van der Waals surface area (Å²) in [6.45, 7) is 4.68. The van der Waals surface area contributed by atoms with Crippen LogP contribution in [0.25, 0.3) is 0 Å². The summed E-state index contributed by atoms with van der Waals surface area (Å²) in [6, 6.07) is 1.19. The highest BCUT2D eigenvalue weighted by Crippen LogP contribution is 2.35. The lowest BCUT2D eigenvalue weighted by Gasteiger charge is -2.55. The highest BCUT2D eigenvalue weighted by atomic mass is 16.4. The van der Waals surface area contributed by atoms with Crippen LogP contribution < -0.4 is 0 Å². The number of hydrogen-bond donors (Lipinski definition) is 1. The molecule has 0 radical (unpaired) electrons. The summed E-state index contributed by atoms with van der Waals surface area (Å²) in [5.74, 6) is -0.683. The number of piperazine rings is 3. The minimum absolute atomic E-state index is 0.0909. The molecular weight excluding hydrogens is 192 g/mol. The molecule has 0 amide bonds. The van der Waals surface area contributed by atoms with Crippen LogP contribution in [-0.4, -0.2) is 59.1 Å². The minimum atomic E-state index is -0.592. The molecule has 0 aromatic rings. The van der Waals surface area contributed by atoms with Crippen molar-refractivity contribution < 1.29 is 9.90 Å². The van der Waals surface area contributed by atoms with Gasteiger partial charge in [0.15, 0.2) is 0 Å². The second-order valence-corrected chi connectivity index (χ2v) is 5.05. The highest BCUT2D eigenvalue weighted by molar-refractivity contribution is 5.70. The lowest BCUT2D eigenvalue weighted by molar-refractivity contribution is -0.146. The number of carboxylic acids is 1. The average molecular weight is 210 g/mol. The molecule has 3 heterocycles. The fraction of sp³-hybridized carbons (Fsp3) is 0.909. The number of carbonyl (C=O) groups is 1. The van der Waals surface area contributed by atoms with E-state index in [0.717, 1.165) is 32.4 Å². The Bertz CT molecular complexity index is 274. The number of fused-ring (bicyclic) bond motifs is 2. The zero-order valence-corrected chi connectivity index (χ0v) is 8.93. The number of rotatable bonds is 1. The predicted octanol–water partition coefficient (Wildman–Crippen LogP) is 0.240. The van der Waals surface area contributed by atoms with Crippen LogP contribution in [0.3, 0.4) is 0 Å². The quantitative estimate of drug-likeness (QED) is 0.673. The van der Waals surface area contributed by atoms with Crippen LogP contribution in [0.1, 0.15) is 19.3 Å². The van der Waals surface area contributed by atoms with Crippen LogP contribution in [0.5, 0.6) is 0 Å². The fourth-order valence-corrected chi connectivity index (χ4v) is 3.57. The van der Waals surface area contributed by atoms with Crippen molar-refractivity contribution in [1.82, 2.24) is 9.80 Å². The molecule has 2 bridgehead atoms. The fourth-order valence-electron chi connectivity index (χ4n) is 3.57. The van der Waals surface area contributed by atoms with Gasteiger partial charge in [-0.1, -0.05) is 0 Å². The molecule has 3 atom stereocenters. The van der Waals surface area contributed by atoms with Gasteiger partial charge in [-0.3, -0.25) is 14.6 Å². The Morgan fingerprint density at radius 1 is 1.00 bits per heavy atom. The van der Waals surface area contributed by atoms with Crippen molar-refractivity contribution in [2.24, 2.45) is 5.92 Å². The molecule has 15 heavy (non-hydrogen) atoms. The van der Waals surface area contributed by atoms with Gasteiger partial charge in [0.1, 0.15) is 0 Å². The maximum absolute atomic E-state index is 11.0. The number of nitrogens with zero attached hydrogens (tertiary/aromatic N) is 2. The molecule has 3 aliphatic heterocycles. The Kier molecular flexibility index (Phi) is 2.21. The molecule has 0 spiro atoms. The van der Waals surface area contributed by atoms with Gasteiger partial charge in [0.05, 0.1) is 5.92 Å². The summed E-state index contributed by atoms with van der Waals surface area (Å²) in [7, 11) is 0. The Morgan fingerprint density at radius 2 is 1.60 bits per heavy atom. The van der Waals surface area contributed by atoms with Crippen LogP contribution in [0.15, 0.2) is 0 Å². The van der Waals surface area contributed by atoms with Crippen LogP contribution >= 0.6 is 0 Å². The molecule has 1 saturated carbocycles. The monoisotopic (exact) mass is 210 g/mol. The molecule has 1 aliphatic carbocycles. The summed E-state index contributed by atoms with van der Waals surface area (Å²) in [4.78, 5) is 16.1. The Morgan fingerprint density at radius 3 is 2.20 bits per heavy atom. The van der Waals surface area contributed by atoms with Crippen molar-refractivity contribution in [1.29, 1.82) is 0 Å². The lowest BCUT2D eigenvalue weighted by atomic mass is 9.78. The molecule has 4 nitrogen and oxygen atoms in total. The van der Waals surface area contributed by atoms with E-state index in [-0.39, 0.29) is 5.92 Å². The Balaban J connectivity index is 1.76. The van der Waals surface area contributed by atoms with Crippen LogP contribution in [-0.2, 0) is 4.79 Å². The Labute approximate surface area is 89.8 Å². The van der Waals surface area contributed by atoms with E-state index in [1.165, 1.54) is 13.1 Å². The third kappa shape index (κ3) is 1.47. The summed E-state index contributed by atoms with van der Waals surface area (Å²) in [6.07, 6.45) is 2.83. The summed E-state index contributed by atoms with van der Waals surface area (Å²) < 4.78 is 0. The largest absolute Gasteiger partial charge is 0.481 e. The van der Waals surface area contributed by atoms with E-state index in [1.807, 2.05) is 0 Å². The number of carboxylic acid groups (broad SMARTS) is 1. The van der Waals surface area contributed by atoms with Gasteiger partial charge < -0.3 is 5.11 Å². The van der Waals surface area contributed by atoms with Gasteiger partial charge in [0.2, 0.25) is 0 Å². The highest BCUT2D eigenvalue weighted by Gasteiger charge is 2.44. The van der Waals surface area contributed by atoms with Gasteiger partial charge in [-0.15, -0.1) is 0 Å². The van der Waals surface area contributed by atoms with Crippen molar-refractivity contribution in [2.45, 2.75) is 31.3 Å². The first-order valence-electron chi connectivity index (χ1n) is 5.96. The van der Waals surface area contributed by atoms with E-state index < -0.39 is 5.97 Å². The first-order valence-corrected chi connectivity index (χ1v) is 5.96. The molecule has 0 aromatic carbocycles. The van der Waals surface area contributed by atoms with E-state index in [0.29, 0.717) is 12.1 Å². The summed E-state index contributed by atoms with van der Waals surface area (Å²) >= 11 is 0. The first kappa shape index (κ1) is 9.60. The zero-order valence-electron chi connectivity index (χ0n) is 8.93. The molecule has 4 heteroatoms. The van der Waals surface area contributed by atoms with E-state index in [9.17, 15) is 4.79 Å². The van der Waals surface area contributed by atoms with Crippen molar-refractivity contribution >= 4 is 5.97 Å². The lowest BCUT2D eigenvalue weighted by Crippen LogP contribution is -2.68. The predicted molar refractivity (Wildman–Crippen MR) is 55.7 cm³/mol. The zero-order chi connectivity index (χ0) is 10.4. The van der Waals surface area contributed by atoms with E-state index in [4.69, 9.17) is 5.11 Å². The average Bonchev–Trinajstić information content (AvgIpc) is 2.30. The van der Waals surface area contributed by atoms with Gasteiger partial charge in [0.25, 0.3) is 0 Å². The van der Waals surface area contributed by atoms with Crippen LogP contribution in [0, 0.1) is 5.92 Å². The second kappa shape index (κ2) is 3.46. The maximum atomic E-state index is 11.0. The molecule has 4 rings (SSSR count). The molecule has 4 aliphatic rings. The second-order valence-electron chi connectivity index (χ2n) is 5.05. The summed E-state index contributed by atoms with van der Waals surface area (Å²) in [5, 5.41) is 9.07. The normalized spacial score (nSPS) is 48.7. The standard InChI is InChI=1S/C11H18N2O2/c14-11(15)8-1-2-9-10(7-8)13-5-3-12(9)4-6-13/h8-10H,1-7H2,(H,14,15). The Hall–Kier alpha value is -0.610. The van der Waals surface area contributed by atoms with Gasteiger partial charge in [-0.05, 0) is 19.3 Å². The van der Waals surface area contributed by atoms with Crippen LogP contribution in [0.4, 0.5) is 0 Å². The third-order valence-electron chi connectivity index (χ3n) is 4.42. The SMILES string of the molecule is O=C(O)C1CCC2C(C1)N1CCN2CC1. The van der Waals surface area contributed by atoms with Gasteiger partial charge >= 0.3 is 5.97 Å². The molecule has 0 aromatic heterocycles. The molecule has 3 unspecified atom stereocenters. The van der Waals surface area contributed by atoms with Crippen molar-refractivity contribution in [3.8, 4) is 0 Å². The topological polar surface area (TPSA) is 43.8 Å². The molecule has 1 N–H and O–H groups in total. The third-order valence-corrected chi connectivity index (χ3v) is 4.42. The first-order chi connectivity index (χ1) is 7.25. The van der Waals surface area contributed by atoms with Crippen LogP contribution in [0.2, 0.25) is 0 Å². The molecule has 3 saturated heterocycles. The summed E-state index contributed by atoms with van der Waals surface area (Å²) in [5.41, 5.74) is 0. The van der Waals surface area contributed by atoms with E-state index >= 15 is 0 Å². The van der Waals surface area contributed by atoms with Gasteiger partial charge in [-0.2, -0.15) is 0 Å². The minimum Gasteiger partial charge on any atom is -0.481 e.